The van der Waals surface area contributed by atoms with Crippen molar-refractivity contribution in [1.29, 1.82) is 5.41 Å². The van der Waals surface area contributed by atoms with Gasteiger partial charge in [-0.25, -0.2) is 9.57 Å². The summed E-state index contributed by atoms with van der Waals surface area (Å²) in [4.78, 5) is 31.1. The lowest BCUT2D eigenvalue weighted by atomic mass is 9.96. The highest BCUT2D eigenvalue weighted by Crippen LogP contribution is 2.44. The summed E-state index contributed by atoms with van der Waals surface area (Å²) in [7, 11) is 0. The maximum absolute atomic E-state index is 12.0. The van der Waals surface area contributed by atoms with Crippen molar-refractivity contribution in [3.8, 4) is 34.2 Å². The number of benzene rings is 3. The molecule has 48 heavy (non-hydrogen) atoms. The second kappa shape index (κ2) is 16.7. The number of aromatic nitrogens is 1. The van der Waals surface area contributed by atoms with Crippen molar-refractivity contribution in [2.24, 2.45) is 9.98 Å². The van der Waals surface area contributed by atoms with E-state index in [-0.39, 0.29) is 37.9 Å². The summed E-state index contributed by atoms with van der Waals surface area (Å²) in [5, 5.41) is 11.9. The van der Waals surface area contributed by atoms with Crippen molar-refractivity contribution in [3.63, 3.8) is 0 Å². The Hall–Kier alpha value is -5.72. The Balaban J connectivity index is 1.25. The Kier molecular flexibility index (Phi) is 11.7. The number of amides is 2. The number of fused-ring (bicyclic) bond motifs is 1. The minimum Gasteiger partial charge on any atom is -0.380 e. The zero-order valence-electron chi connectivity index (χ0n) is 27.0. The topological polar surface area (TPSA) is 112 Å². The molecule has 9 heteroatoms. The van der Waals surface area contributed by atoms with Crippen LogP contribution in [0, 0.1) is 17.3 Å². The van der Waals surface area contributed by atoms with Crippen molar-refractivity contribution in [3.05, 3.63) is 102 Å². The van der Waals surface area contributed by atoms with Crippen LogP contribution in [0.1, 0.15) is 48.8 Å². The van der Waals surface area contributed by atoms with Gasteiger partial charge in [0.1, 0.15) is 5.56 Å². The molecule has 0 atom stereocenters. The lowest BCUT2D eigenvalue weighted by molar-refractivity contribution is -0.246. The summed E-state index contributed by atoms with van der Waals surface area (Å²) in [6, 6.07) is 28.6. The molecule has 0 unspecified atom stereocenters. The highest BCUT2D eigenvalue weighted by molar-refractivity contribution is 6.10. The first-order chi connectivity index (χ1) is 23.5. The second-order valence-electron chi connectivity index (χ2n) is 11.3. The summed E-state index contributed by atoms with van der Waals surface area (Å²) in [6.07, 6.45) is 4.44. The zero-order chi connectivity index (χ0) is 33.7. The van der Waals surface area contributed by atoms with E-state index in [9.17, 15) is 9.59 Å². The molecule has 0 aliphatic carbocycles. The fraction of sp³-hybridized carbons (Fsp3) is 0.231. The van der Waals surface area contributed by atoms with E-state index in [1.807, 2.05) is 48.5 Å². The first-order valence-corrected chi connectivity index (χ1v) is 16.0. The predicted octanol–water partition coefficient (Wildman–Crippen LogP) is 6.24. The SMILES string of the molecule is C=NC(=O)CCOCCC(=O)NCCCCC#Cc1cccc(Cn2c3c(c(-c4ccccc4)c2-c2ccccc2)C(=N)[N+](=C)C=N3)c1. The average Bonchev–Trinajstić information content (AvgIpc) is 3.44. The molecule has 0 fully saturated rings. The standard InChI is InChI=1S/C39H38N6O3/c1-41-33(46)21-24-48-25-22-34(47)42-23-12-4-3-7-14-29-15-13-16-30(26-29)27-45-37(32-19-10-6-11-20-32)35(31-17-8-5-9-18-31)36-38(40)44(2)28-43-39(36)45/h5-6,8-11,13,15-20,26,28,40H,1-4,12,21-25,27H2/p+1. The summed E-state index contributed by atoms with van der Waals surface area (Å²) in [6.45, 7) is 8.81. The number of nitrogens with zero attached hydrogens (tertiary/aromatic N) is 4. The van der Waals surface area contributed by atoms with Gasteiger partial charge in [-0.1, -0.05) is 89.6 Å². The first kappa shape index (κ1) is 33.6. The number of carbonyl (C=O) groups is 2. The van der Waals surface area contributed by atoms with Crippen molar-refractivity contribution in [1.82, 2.24) is 9.88 Å². The lowest BCUT2D eigenvalue weighted by Gasteiger charge is -2.13. The number of unbranched alkanes of at least 4 members (excludes halogenated alkanes) is 2. The van der Waals surface area contributed by atoms with Crippen LogP contribution in [0.3, 0.4) is 0 Å². The zero-order valence-corrected chi connectivity index (χ0v) is 27.0. The van der Waals surface area contributed by atoms with E-state index in [2.05, 4.69) is 76.6 Å². The van der Waals surface area contributed by atoms with Crippen LogP contribution in [0.5, 0.6) is 0 Å². The molecule has 2 amide bonds. The van der Waals surface area contributed by atoms with Crippen LogP contribution in [0.2, 0.25) is 0 Å². The van der Waals surface area contributed by atoms with Gasteiger partial charge in [0.15, 0.2) is 0 Å². The molecule has 0 saturated carbocycles. The van der Waals surface area contributed by atoms with Gasteiger partial charge in [-0.05, 0) is 48.4 Å². The molecule has 2 N–H and O–H groups in total. The molecule has 9 nitrogen and oxygen atoms in total. The smallest absolute Gasteiger partial charge is 0.271 e. The summed E-state index contributed by atoms with van der Waals surface area (Å²) in [5.74, 6) is 7.21. The number of nitrogens with one attached hydrogen (secondary N) is 2. The van der Waals surface area contributed by atoms with E-state index in [1.165, 1.54) is 4.58 Å². The highest BCUT2D eigenvalue weighted by atomic mass is 16.5. The van der Waals surface area contributed by atoms with Crippen LogP contribution in [0.25, 0.3) is 22.4 Å². The molecule has 0 bridgehead atoms. The molecule has 5 rings (SSSR count). The molecule has 0 radical (unpaired) electrons. The molecular weight excluding hydrogens is 600 g/mol. The number of hydrogen-bond donors (Lipinski definition) is 2. The van der Waals surface area contributed by atoms with E-state index in [0.29, 0.717) is 18.9 Å². The Morgan fingerprint density at radius 1 is 0.938 bits per heavy atom. The fourth-order valence-electron chi connectivity index (χ4n) is 5.48. The van der Waals surface area contributed by atoms with Gasteiger partial charge < -0.3 is 14.6 Å². The van der Waals surface area contributed by atoms with E-state index in [1.54, 1.807) is 6.34 Å². The third-order valence-corrected chi connectivity index (χ3v) is 7.85. The molecule has 0 spiro atoms. The Morgan fingerprint density at radius 2 is 1.67 bits per heavy atom. The van der Waals surface area contributed by atoms with Crippen LogP contribution in [-0.4, -0.2) is 66.3 Å². The fourth-order valence-corrected chi connectivity index (χ4v) is 5.48. The molecule has 4 aromatic rings. The molecule has 1 aliphatic heterocycles. The maximum atomic E-state index is 12.0. The minimum absolute atomic E-state index is 0.0763. The van der Waals surface area contributed by atoms with Gasteiger partial charge in [0.25, 0.3) is 5.84 Å². The number of carbonyl (C=O) groups excluding carboxylic acids is 2. The summed E-state index contributed by atoms with van der Waals surface area (Å²) in [5.41, 5.74) is 6.77. The molecule has 3 aromatic carbocycles. The molecule has 242 valence electrons. The van der Waals surface area contributed by atoms with E-state index < -0.39 is 0 Å². The Bertz CT molecular complexity index is 1900. The van der Waals surface area contributed by atoms with Gasteiger partial charge in [0, 0.05) is 37.2 Å². The number of amidine groups is 1. The van der Waals surface area contributed by atoms with Gasteiger partial charge in [0.05, 0.1) is 31.9 Å². The van der Waals surface area contributed by atoms with Crippen molar-refractivity contribution < 1.29 is 18.9 Å². The van der Waals surface area contributed by atoms with Crippen LogP contribution in [0.15, 0.2) is 94.9 Å². The molecular formula is C39H39N6O3+. The number of hydrogen-bond acceptors (Lipinski definition) is 5. The van der Waals surface area contributed by atoms with Crippen LogP contribution in [0.4, 0.5) is 5.82 Å². The third-order valence-electron chi connectivity index (χ3n) is 7.85. The monoisotopic (exact) mass is 639 g/mol. The van der Waals surface area contributed by atoms with E-state index in [4.69, 9.17) is 15.1 Å². The highest BCUT2D eigenvalue weighted by Gasteiger charge is 2.34. The molecule has 0 saturated heterocycles. The largest absolute Gasteiger partial charge is 0.380 e. The normalized spacial score (nSPS) is 11.8. The predicted molar refractivity (Wildman–Crippen MR) is 192 cm³/mol. The van der Waals surface area contributed by atoms with E-state index in [0.717, 1.165) is 64.2 Å². The molecule has 1 aliphatic rings. The van der Waals surface area contributed by atoms with Gasteiger partial charge in [0.2, 0.25) is 24.0 Å². The summed E-state index contributed by atoms with van der Waals surface area (Å²) < 4.78 is 8.99. The quantitative estimate of drug-likeness (QED) is 0.0737. The van der Waals surface area contributed by atoms with Crippen molar-refractivity contribution >= 4 is 43.2 Å². The molecule has 2 heterocycles. The van der Waals surface area contributed by atoms with Gasteiger partial charge in [-0.15, -0.1) is 0 Å². The van der Waals surface area contributed by atoms with Crippen LogP contribution in [-0.2, 0) is 20.9 Å². The number of ether oxygens (including phenoxy) is 1. The maximum Gasteiger partial charge on any atom is 0.271 e. The first-order valence-electron chi connectivity index (χ1n) is 16.0. The number of rotatable bonds is 14. The lowest BCUT2D eigenvalue weighted by Crippen LogP contribution is -2.25. The van der Waals surface area contributed by atoms with Crippen LogP contribution >= 0.6 is 0 Å². The minimum atomic E-state index is -0.315. The van der Waals surface area contributed by atoms with Crippen molar-refractivity contribution in [2.45, 2.75) is 38.6 Å². The van der Waals surface area contributed by atoms with Gasteiger partial charge in [-0.2, -0.15) is 5.41 Å². The Morgan fingerprint density at radius 3 is 2.42 bits per heavy atom. The van der Waals surface area contributed by atoms with Crippen LogP contribution < -0.4 is 5.32 Å². The summed E-state index contributed by atoms with van der Waals surface area (Å²) >= 11 is 0. The number of aliphatic imine (C=N–C) groups is 2. The van der Waals surface area contributed by atoms with E-state index >= 15 is 0 Å². The molecule has 1 aromatic heterocycles. The van der Waals surface area contributed by atoms with Gasteiger partial charge >= 0.3 is 0 Å². The Labute approximate surface area is 281 Å². The second-order valence-corrected chi connectivity index (χ2v) is 11.3. The van der Waals surface area contributed by atoms with Gasteiger partial charge in [-0.3, -0.25) is 9.59 Å². The average molecular weight is 640 g/mol. The third kappa shape index (κ3) is 8.55. The van der Waals surface area contributed by atoms with Crippen molar-refractivity contribution in [2.75, 3.05) is 19.8 Å².